The molecule has 22 heavy (non-hydrogen) atoms. The molecule has 3 aromatic rings. The Bertz CT molecular complexity index is 868. The van der Waals surface area contributed by atoms with Crippen LogP contribution in [-0.4, -0.2) is 30.4 Å². The summed E-state index contributed by atoms with van der Waals surface area (Å²) >= 11 is 0. The summed E-state index contributed by atoms with van der Waals surface area (Å²) in [5.41, 5.74) is 2.41. The Kier molecular flexibility index (Phi) is 3.05. The molecule has 114 valence electrons. The van der Waals surface area contributed by atoms with Gasteiger partial charge in [0.25, 0.3) is 0 Å². The van der Waals surface area contributed by atoms with Crippen LogP contribution in [0.3, 0.4) is 0 Å². The number of nitrogens with zero attached hydrogens (tertiary/aromatic N) is 4. The number of benzene rings is 1. The Hall–Kier alpha value is -2.63. The predicted molar refractivity (Wildman–Crippen MR) is 83.5 cm³/mol. The zero-order valence-electron chi connectivity index (χ0n) is 13.0. The van der Waals surface area contributed by atoms with E-state index in [-0.39, 0.29) is 11.1 Å². The fourth-order valence-electron chi connectivity index (χ4n) is 2.49. The quantitative estimate of drug-likeness (QED) is 0.789. The molecule has 0 spiro atoms. The zero-order valence-corrected chi connectivity index (χ0v) is 13.0. The largest absolute Gasteiger partial charge is 0.476 e. The van der Waals surface area contributed by atoms with Crippen molar-refractivity contribution in [1.82, 2.24) is 19.3 Å². The number of aryl methyl sites for hydroxylation is 1. The van der Waals surface area contributed by atoms with Gasteiger partial charge in [-0.25, -0.2) is 14.5 Å². The number of hydrogen-bond acceptors (Lipinski definition) is 3. The predicted octanol–water partition coefficient (Wildman–Crippen LogP) is 2.75. The summed E-state index contributed by atoms with van der Waals surface area (Å²) in [5, 5.41) is 13.5. The average molecular weight is 298 g/mol. The minimum absolute atomic E-state index is 0.0250. The van der Waals surface area contributed by atoms with E-state index < -0.39 is 5.97 Å². The molecule has 2 aromatic heterocycles. The van der Waals surface area contributed by atoms with Crippen LogP contribution in [0.2, 0.25) is 0 Å². The molecule has 0 bridgehead atoms. The molecular weight excluding hydrogens is 280 g/mol. The number of imidazole rings is 1. The van der Waals surface area contributed by atoms with Crippen molar-refractivity contribution >= 4 is 17.0 Å². The molecule has 2 heterocycles. The van der Waals surface area contributed by atoms with Gasteiger partial charge in [0.15, 0.2) is 5.69 Å². The molecular formula is C16H18N4O2. The molecule has 6 nitrogen and oxygen atoms in total. The van der Waals surface area contributed by atoms with E-state index in [4.69, 9.17) is 0 Å². The molecule has 0 aliphatic rings. The Morgan fingerprint density at radius 3 is 2.50 bits per heavy atom. The number of carboxylic acid groups (broad SMARTS) is 1. The number of fused-ring (bicyclic) bond motifs is 1. The standard InChI is InChI=1S/C16H18N4O2/c1-16(2,3)13-9-11(14(21)22)18-20(13)15-17-10-7-5-6-8-12(10)19(15)4/h5-9H,1-4H3,(H,21,22). The van der Waals surface area contributed by atoms with Gasteiger partial charge in [-0.15, -0.1) is 0 Å². The Morgan fingerprint density at radius 2 is 1.91 bits per heavy atom. The van der Waals surface area contributed by atoms with Gasteiger partial charge >= 0.3 is 5.97 Å². The van der Waals surface area contributed by atoms with Crippen molar-refractivity contribution in [3.63, 3.8) is 0 Å². The van der Waals surface area contributed by atoms with Crippen molar-refractivity contribution in [2.45, 2.75) is 26.2 Å². The Labute approximate surface area is 128 Å². The fourth-order valence-corrected chi connectivity index (χ4v) is 2.49. The van der Waals surface area contributed by atoms with E-state index in [2.05, 4.69) is 10.1 Å². The van der Waals surface area contributed by atoms with Gasteiger partial charge in [0.05, 0.1) is 16.7 Å². The third kappa shape index (κ3) is 2.16. The van der Waals surface area contributed by atoms with Gasteiger partial charge in [-0.3, -0.25) is 0 Å². The topological polar surface area (TPSA) is 72.9 Å². The maximum Gasteiger partial charge on any atom is 0.356 e. The van der Waals surface area contributed by atoms with E-state index in [0.29, 0.717) is 5.95 Å². The third-order valence-electron chi connectivity index (χ3n) is 3.65. The highest BCUT2D eigenvalue weighted by atomic mass is 16.4. The van der Waals surface area contributed by atoms with Gasteiger partial charge in [0, 0.05) is 12.5 Å². The summed E-state index contributed by atoms with van der Waals surface area (Å²) < 4.78 is 3.55. The SMILES string of the molecule is Cn1c(-n2nc(C(=O)O)cc2C(C)(C)C)nc2ccccc21. The van der Waals surface area contributed by atoms with Crippen molar-refractivity contribution in [2.24, 2.45) is 7.05 Å². The third-order valence-corrected chi connectivity index (χ3v) is 3.65. The van der Waals surface area contributed by atoms with Crippen molar-refractivity contribution in [1.29, 1.82) is 0 Å². The van der Waals surface area contributed by atoms with Gasteiger partial charge in [-0.1, -0.05) is 32.9 Å². The number of aromatic carboxylic acids is 1. The summed E-state index contributed by atoms with van der Waals surface area (Å²) in [6, 6.07) is 9.39. The summed E-state index contributed by atoms with van der Waals surface area (Å²) in [7, 11) is 1.90. The number of rotatable bonds is 2. The van der Waals surface area contributed by atoms with E-state index in [0.717, 1.165) is 16.7 Å². The molecule has 1 aromatic carbocycles. The highest BCUT2D eigenvalue weighted by Gasteiger charge is 2.26. The number of aromatic nitrogens is 4. The summed E-state index contributed by atoms with van der Waals surface area (Å²) in [4.78, 5) is 15.9. The maximum absolute atomic E-state index is 11.3. The first-order chi connectivity index (χ1) is 10.3. The first-order valence-electron chi connectivity index (χ1n) is 7.04. The number of carboxylic acids is 1. The van der Waals surface area contributed by atoms with Crippen LogP contribution in [0.25, 0.3) is 17.0 Å². The second-order valence-corrected chi connectivity index (χ2v) is 6.34. The van der Waals surface area contributed by atoms with Crippen LogP contribution >= 0.6 is 0 Å². The second kappa shape index (κ2) is 4.69. The summed E-state index contributed by atoms with van der Waals surface area (Å²) in [5.74, 6) is -0.429. The fraction of sp³-hybridized carbons (Fsp3) is 0.312. The van der Waals surface area contributed by atoms with Crippen molar-refractivity contribution in [3.05, 3.63) is 41.7 Å². The molecule has 0 amide bonds. The van der Waals surface area contributed by atoms with Crippen LogP contribution < -0.4 is 0 Å². The molecule has 0 aliphatic carbocycles. The van der Waals surface area contributed by atoms with Crippen LogP contribution in [0, 0.1) is 0 Å². The normalized spacial score (nSPS) is 12.0. The van der Waals surface area contributed by atoms with Crippen LogP contribution in [0.15, 0.2) is 30.3 Å². The highest BCUT2D eigenvalue weighted by molar-refractivity contribution is 5.85. The van der Waals surface area contributed by atoms with Gasteiger partial charge < -0.3 is 9.67 Å². The van der Waals surface area contributed by atoms with Crippen molar-refractivity contribution < 1.29 is 9.90 Å². The molecule has 0 unspecified atom stereocenters. The average Bonchev–Trinajstić information content (AvgIpc) is 3.01. The van der Waals surface area contributed by atoms with Gasteiger partial charge in [-0.05, 0) is 18.2 Å². The second-order valence-electron chi connectivity index (χ2n) is 6.34. The lowest BCUT2D eigenvalue weighted by molar-refractivity contribution is 0.0690. The minimum Gasteiger partial charge on any atom is -0.476 e. The van der Waals surface area contributed by atoms with E-state index in [1.54, 1.807) is 10.7 Å². The molecule has 0 aliphatic heterocycles. The minimum atomic E-state index is -1.04. The molecule has 0 radical (unpaired) electrons. The molecule has 0 saturated carbocycles. The molecule has 1 N–H and O–H groups in total. The molecule has 0 atom stereocenters. The van der Waals surface area contributed by atoms with E-state index >= 15 is 0 Å². The molecule has 3 rings (SSSR count). The molecule has 0 saturated heterocycles. The first kappa shape index (κ1) is 14.3. The maximum atomic E-state index is 11.3. The number of hydrogen-bond donors (Lipinski definition) is 1. The van der Waals surface area contributed by atoms with Crippen molar-refractivity contribution in [3.8, 4) is 5.95 Å². The lowest BCUT2D eigenvalue weighted by Crippen LogP contribution is -2.19. The highest BCUT2D eigenvalue weighted by Crippen LogP contribution is 2.27. The number of carbonyl (C=O) groups is 1. The van der Waals surface area contributed by atoms with Gasteiger partial charge in [0.2, 0.25) is 5.95 Å². The van der Waals surface area contributed by atoms with Crippen LogP contribution in [0.5, 0.6) is 0 Å². The molecule has 0 fully saturated rings. The van der Waals surface area contributed by atoms with Gasteiger partial charge in [0.1, 0.15) is 0 Å². The molecule has 6 heteroatoms. The monoisotopic (exact) mass is 298 g/mol. The van der Waals surface area contributed by atoms with Crippen LogP contribution in [0.4, 0.5) is 0 Å². The summed E-state index contributed by atoms with van der Waals surface area (Å²) in [6.45, 7) is 6.07. The zero-order chi connectivity index (χ0) is 16.1. The lowest BCUT2D eigenvalue weighted by Gasteiger charge is -2.19. The Morgan fingerprint density at radius 1 is 1.23 bits per heavy atom. The van der Waals surface area contributed by atoms with E-state index in [1.165, 1.54) is 0 Å². The summed E-state index contributed by atoms with van der Waals surface area (Å²) in [6.07, 6.45) is 0. The van der Waals surface area contributed by atoms with Crippen LogP contribution in [-0.2, 0) is 12.5 Å². The first-order valence-corrected chi connectivity index (χ1v) is 7.04. The van der Waals surface area contributed by atoms with Crippen LogP contribution in [0.1, 0.15) is 37.0 Å². The lowest BCUT2D eigenvalue weighted by atomic mass is 9.92. The number of para-hydroxylation sites is 2. The van der Waals surface area contributed by atoms with E-state index in [9.17, 15) is 9.90 Å². The van der Waals surface area contributed by atoms with Gasteiger partial charge in [-0.2, -0.15) is 5.10 Å². The van der Waals surface area contributed by atoms with E-state index in [1.807, 2.05) is 56.7 Å². The van der Waals surface area contributed by atoms with Crippen molar-refractivity contribution in [2.75, 3.05) is 0 Å². The smallest absolute Gasteiger partial charge is 0.356 e. The Balaban J connectivity index is 2.30.